The summed E-state index contributed by atoms with van der Waals surface area (Å²) >= 11 is 1.33. The van der Waals surface area contributed by atoms with Gasteiger partial charge in [0, 0.05) is 30.2 Å². The third-order valence-electron chi connectivity index (χ3n) is 5.41. The molecule has 1 aromatic carbocycles. The summed E-state index contributed by atoms with van der Waals surface area (Å²) in [5.41, 5.74) is 5.09. The molecule has 1 aliphatic heterocycles. The van der Waals surface area contributed by atoms with Gasteiger partial charge in [0.25, 0.3) is 5.91 Å². The summed E-state index contributed by atoms with van der Waals surface area (Å²) in [6, 6.07) is 12.2. The SMILES string of the molecule is Cc1cccc(-n2c(C)cc(/C=C(/C#N)C(=O)Nc3nnc(N4CCCC4)s3)c2C)c1. The Labute approximate surface area is 185 Å². The molecule has 1 fully saturated rings. The van der Waals surface area contributed by atoms with Gasteiger partial charge in [0.1, 0.15) is 11.6 Å². The zero-order valence-electron chi connectivity index (χ0n) is 17.8. The van der Waals surface area contributed by atoms with Crippen molar-refractivity contribution < 1.29 is 4.79 Å². The van der Waals surface area contributed by atoms with Gasteiger partial charge < -0.3 is 9.47 Å². The predicted octanol–water partition coefficient (Wildman–Crippen LogP) is 4.40. The number of nitrogens with zero attached hydrogens (tertiary/aromatic N) is 5. The normalized spacial score (nSPS) is 14.0. The highest BCUT2D eigenvalue weighted by atomic mass is 32.1. The van der Waals surface area contributed by atoms with Crippen LogP contribution in [0, 0.1) is 32.1 Å². The molecule has 8 heteroatoms. The zero-order chi connectivity index (χ0) is 22.0. The molecule has 1 saturated heterocycles. The lowest BCUT2D eigenvalue weighted by Gasteiger charge is -2.10. The van der Waals surface area contributed by atoms with E-state index in [1.807, 2.05) is 38.1 Å². The molecule has 4 rings (SSSR count). The van der Waals surface area contributed by atoms with Crippen molar-refractivity contribution >= 4 is 33.6 Å². The summed E-state index contributed by atoms with van der Waals surface area (Å²) in [7, 11) is 0. The Morgan fingerprint density at radius 1 is 1.19 bits per heavy atom. The highest BCUT2D eigenvalue weighted by Crippen LogP contribution is 2.28. The summed E-state index contributed by atoms with van der Waals surface area (Å²) < 4.78 is 2.12. The fourth-order valence-corrected chi connectivity index (χ4v) is 4.66. The summed E-state index contributed by atoms with van der Waals surface area (Å²) in [6.45, 7) is 7.98. The van der Waals surface area contributed by atoms with E-state index in [2.05, 4.69) is 44.0 Å². The summed E-state index contributed by atoms with van der Waals surface area (Å²) in [5, 5.41) is 21.8. The number of rotatable bonds is 5. The van der Waals surface area contributed by atoms with Crippen LogP contribution in [0.3, 0.4) is 0 Å². The monoisotopic (exact) mass is 432 g/mol. The van der Waals surface area contributed by atoms with Crippen molar-refractivity contribution in [3.8, 4) is 11.8 Å². The minimum Gasteiger partial charge on any atom is -0.347 e. The number of nitrogens with one attached hydrogen (secondary N) is 1. The van der Waals surface area contributed by atoms with Gasteiger partial charge in [0.15, 0.2) is 0 Å². The first-order chi connectivity index (χ1) is 15.0. The molecule has 158 valence electrons. The van der Waals surface area contributed by atoms with Gasteiger partial charge in [-0.1, -0.05) is 23.5 Å². The second-order valence-electron chi connectivity index (χ2n) is 7.71. The number of amides is 1. The van der Waals surface area contributed by atoms with Gasteiger partial charge in [-0.2, -0.15) is 5.26 Å². The molecule has 1 amide bonds. The largest absolute Gasteiger partial charge is 0.347 e. The molecule has 0 saturated carbocycles. The van der Waals surface area contributed by atoms with Crippen LogP contribution in [0.1, 0.15) is 35.4 Å². The zero-order valence-corrected chi connectivity index (χ0v) is 18.7. The highest BCUT2D eigenvalue weighted by Gasteiger charge is 2.19. The van der Waals surface area contributed by atoms with E-state index in [0.717, 1.165) is 53.7 Å². The molecule has 1 aliphatic rings. The van der Waals surface area contributed by atoms with Gasteiger partial charge in [-0.15, -0.1) is 10.2 Å². The number of benzene rings is 1. The van der Waals surface area contributed by atoms with Crippen LogP contribution in [0.25, 0.3) is 11.8 Å². The number of carbonyl (C=O) groups is 1. The first-order valence-corrected chi connectivity index (χ1v) is 11.1. The molecule has 0 radical (unpaired) electrons. The second-order valence-corrected chi connectivity index (χ2v) is 8.66. The lowest BCUT2D eigenvalue weighted by atomic mass is 10.1. The van der Waals surface area contributed by atoms with Gasteiger partial charge in [-0.25, -0.2) is 0 Å². The van der Waals surface area contributed by atoms with Crippen LogP contribution >= 0.6 is 11.3 Å². The van der Waals surface area contributed by atoms with E-state index in [0.29, 0.717) is 5.13 Å². The molecular formula is C23H24N6OS. The van der Waals surface area contributed by atoms with Crippen LogP contribution in [0.4, 0.5) is 10.3 Å². The van der Waals surface area contributed by atoms with Gasteiger partial charge in [-0.05, 0) is 69.0 Å². The van der Waals surface area contributed by atoms with E-state index in [-0.39, 0.29) is 5.57 Å². The molecule has 0 bridgehead atoms. The number of hydrogen-bond donors (Lipinski definition) is 1. The van der Waals surface area contributed by atoms with Crippen LogP contribution in [0.15, 0.2) is 35.9 Å². The van der Waals surface area contributed by atoms with E-state index in [9.17, 15) is 10.1 Å². The number of aryl methyl sites for hydroxylation is 2. The molecule has 7 nitrogen and oxygen atoms in total. The quantitative estimate of drug-likeness (QED) is 0.477. The third kappa shape index (κ3) is 4.37. The van der Waals surface area contributed by atoms with Gasteiger partial charge in [-0.3, -0.25) is 10.1 Å². The van der Waals surface area contributed by atoms with Crippen molar-refractivity contribution in [2.24, 2.45) is 0 Å². The first kappa shape index (κ1) is 20.8. The molecule has 0 atom stereocenters. The fourth-order valence-electron chi connectivity index (χ4n) is 3.87. The average molecular weight is 433 g/mol. The smallest absolute Gasteiger partial charge is 0.268 e. The Balaban J connectivity index is 1.56. The second kappa shape index (κ2) is 8.74. The van der Waals surface area contributed by atoms with Crippen molar-refractivity contribution in [2.45, 2.75) is 33.6 Å². The van der Waals surface area contributed by atoms with Gasteiger partial charge >= 0.3 is 0 Å². The average Bonchev–Trinajstić information content (AvgIpc) is 3.47. The third-order valence-corrected chi connectivity index (χ3v) is 6.31. The number of hydrogen-bond acceptors (Lipinski definition) is 6. The van der Waals surface area contributed by atoms with E-state index < -0.39 is 5.91 Å². The maximum Gasteiger partial charge on any atom is 0.268 e. The van der Waals surface area contributed by atoms with Crippen LogP contribution < -0.4 is 10.2 Å². The van der Waals surface area contributed by atoms with E-state index in [1.54, 1.807) is 6.08 Å². The molecule has 3 aromatic rings. The number of carbonyl (C=O) groups excluding carboxylic acids is 1. The molecule has 1 N–H and O–H groups in total. The van der Waals surface area contributed by atoms with Crippen molar-refractivity contribution in [2.75, 3.05) is 23.3 Å². The summed E-state index contributed by atoms with van der Waals surface area (Å²) in [5.74, 6) is -0.480. The van der Waals surface area contributed by atoms with Crippen molar-refractivity contribution in [3.63, 3.8) is 0 Å². The van der Waals surface area contributed by atoms with Crippen LogP contribution in [-0.2, 0) is 4.79 Å². The van der Waals surface area contributed by atoms with E-state index in [1.165, 1.54) is 16.9 Å². The minimum absolute atomic E-state index is 0.0300. The molecule has 0 unspecified atom stereocenters. The Morgan fingerprint density at radius 3 is 2.68 bits per heavy atom. The molecule has 3 heterocycles. The van der Waals surface area contributed by atoms with Crippen LogP contribution in [-0.4, -0.2) is 33.8 Å². The molecule has 0 spiro atoms. The van der Waals surface area contributed by atoms with E-state index >= 15 is 0 Å². The number of nitriles is 1. The Hall–Kier alpha value is -3.44. The molecule has 31 heavy (non-hydrogen) atoms. The maximum atomic E-state index is 12.7. The van der Waals surface area contributed by atoms with Crippen LogP contribution in [0.5, 0.6) is 0 Å². The Kier molecular flexibility index (Phi) is 5.87. The van der Waals surface area contributed by atoms with Gasteiger partial charge in [0.05, 0.1) is 0 Å². The van der Waals surface area contributed by atoms with Crippen molar-refractivity contribution in [3.05, 3.63) is 58.4 Å². The topological polar surface area (TPSA) is 86.8 Å². The Bertz CT molecular complexity index is 1190. The van der Waals surface area contributed by atoms with Crippen molar-refractivity contribution in [1.82, 2.24) is 14.8 Å². The standard InChI is InChI=1S/C23H24N6OS/c1-15-7-6-8-20(11-15)29-16(2)12-18(17(29)3)13-19(14-24)21(30)25-22-26-27-23(31-22)28-9-4-5-10-28/h6-8,11-13H,4-5,9-10H2,1-3H3,(H,25,26,30)/b19-13-. The summed E-state index contributed by atoms with van der Waals surface area (Å²) in [4.78, 5) is 14.9. The maximum absolute atomic E-state index is 12.7. The fraction of sp³-hybridized carbons (Fsp3) is 0.304. The minimum atomic E-state index is -0.480. The molecular weight excluding hydrogens is 408 g/mol. The lowest BCUT2D eigenvalue weighted by molar-refractivity contribution is -0.112. The highest BCUT2D eigenvalue weighted by molar-refractivity contribution is 7.19. The molecule has 0 aliphatic carbocycles. The van der Waals surface area contributed by atoms with Crippen LogP contribution in [0.2, 0.25) is 0 Å². The number of aromatic nitrogens is 3. The van der Waals surface area contributed by atoms with Crippen molar-refractivity contribution in [1.29, 1.82) is 5.26 Å². The van der Waals surface area contributed by atoms with Gasteiger partial charge in [0.2, 0.25) is 10.3 Å². The number of anilines is 2. The first-order valence-electron chi connectivity index (χ1n) is 10.2. The Morgan fingerprint density at radius 2 is 1.97 bits per heavy atom. The predicted molar refractivity (Wildman–Crippen MR) is 124 cm³/mol. The summed E-state index contributed by atoms with van der Waals surface area (Å²) in [6.07, 6.45) is 3.92. The van der Waals surface area contributed by atoms with E-state index in [4.69, 9.17) is 0 Å². The lowest BCUT2D eigenvalue weighted by Crippen LogP contribution is -2.17. The molecule has 2 aromatic heterocycles.